The Morgan fingerprint density at radius 3 is 2.31 bits per heavy atom. The van der Waals surface area contributed by atoms with Gasteiger partial charge in [-0.15, -0.1) is 0 Å². The van der Waals surface area contributed by atoms with Crippen molar-refractivity contribution < 1.29 is 13.2 Å². The van der Waals surface area contributed by atoms with Crippen LogP contribution in [0.5, 0.6) is 0 Å². The number of likely N-dealkylation sites (N-methyl/N-ethyl adjacent to an activating group) is 1. The number of piperazine rings is 1. The van der Waals surface area contributed by atoms with Crippen molar-refractivity contribution in [3.63, 3.8) is 0 Å². The standard InChI is InChI=1S/C21H26ClN3O3S/c1-15-4-6-17(7-5-15)16(2)23-21(26)19-14-18(8-9-20(19)22)29(27,28)25-12-10-24(3)11-13-25/h4-9,14,16H,10-13H2,1-3H3,(H,23,26). The minimum atomic E-state index is -3.68. The molecule has 2 aromatic carbocycles. The molecule has 1 fully saturated rings. The van der Waals surface area contributed by atoms with Crippen molar-refractivity contribution in [3.05, 3.63) is 64.2 Å². The summed E-state index contributed by atoms with van der Waals surface area (Å²) in [6, 6.07) is 11.9. The second-order valence-corrected chi connectivity index (χ2v) is 9.80. The molecule has 1 unspecified atom stereocenters. The number of hydrogen-bond acceptors (Lipinski definition) is 4. The Morgan fingerprint density at radius 1 is 1.07 bits per heavy atom. The van der Waals surface area contributed by atoms with Crippen molar-refractivity contribution in [2.24, 2.45) is 0 Å². The van der Waals surface area contributed by atoms with E-state index in [0.717, 1.165) is 11.1 Å². The summed E-state index contributed by atoms with van der Waals surface area (Å²) in [6.07, 6.45) is 0. The highest BCUT2D eigenvalue weighted by Crippen LogP contribution is 2.24. The molecule has 3 rings (SSSR count). The number of hydrogen-bond donors (Lipinski definition) is 1. The summed E-state index contributed by atoms with van der Waals surface area (Å²) in [5, 5.41) is 3.12. The van der Waals surface area contributed by atoms with Gasteiger partial charge < -0.3 is 10.2 Å². The number of carbonyl (C=O) groups excluding carboxylic acids is 1. The number of sulfonamides is 1. The van der Waals surface area contributed by atoms with Crippen LogP contribution in [-0.2, 0) is 10.0 Å². The van der Waals surface area contributed by atoms with Crippen LogP contribution in [0, 0.1) is 6.92 Å². The first-order valence-electron chi connectivity index (χ1n) is 9.54. The number of aryl methyl sites for hydroxylation is 1. The van der Waals surface area contributed by atoms with Crippen molar-refractivity contribution in [2.75, 3.05) is 33.2 Å². The van der Waals surface area contributed by atoms with E-state index in [1.165, 1.54) is 22.5 Å². The number of amides is 1. The average molecular weight is 436 g/mol. The van der Waals surface area contributed by atoms with Gasteiger partial charge >= 0.3 is 0 Å². The third-order valence-corrected chi connectivity index (χ3v) is 7.43. The van der Waals surface area contributed by atoms with Crippen molar-refractivity contribution in [1.29, 1.82) is 0 Å². The third-order valence-electron chi connectivity index (χ3n) is 5.21. The Kier molecular flexibility index (Phi) is 6.63. The predicted molar refractivity (Wildman–Crippen MR) is 115 cm³/mol. The summed E-state index contributed by atoms with van der Waals surface area (Å²) in [5.74, 6) is -0.404. The molecule has 1 saturated heterocycles. The van der Waals surface area contributed by atoms with Crippen LogP contribution < -0.4 is 5.32 Å². The molecule has 1 heterocycles. The first kappa shape index (κ1) is 21.8. The molecule has 1 amide bonds. The van der Waals surface area contributed by atoms with Crippen LogP contribution in [0.25, 0.3) is 0 Å². The molecule has 2 aromatic rings. The van der Waals surface area contributed by atoms with Gasteiger partial charge in [0, 0.05) is 26.2 Å². The van der Waals surface area contributed by atoms with Crippen LogP contribution in [0.3, 0.4) is 0 Å². The number of rotatable bonds is 5. The number of carbonyl (C=O) groups is 1. The van der Waals surface area contributed by atoms with E-state index in [4.69, 9.17) is 11.6 Å². The summed E-state index contributed by atoms with van der Waals surface area (Å²) in [4.78, 5) is 15.0. The van der Waals surface area contributed by atoms with Crippen molar-refractivity contribution in [2.45, 2.75) is 24.8 Å². The molecule has 0 radical (unpaired) electrons. The van der Waals surface area contributed by atoms with Crippen LogP contribution in [-0.4, -0.2) is 56.8 Å². The van der Waals surface area contributed by atoms with Gasteiger partial charge in [-0.1, -0.05) is 41.4 Å². The molecule has 156 valence electrons. The molecule has 6 nitrogen and oxygen atoms in total. The smallest absolute Gasteiger partial charge is 0.253 e. The zero-order chi connectivity index (χ0) is 21.2. The normalized spacial score (nSPS) is 17.1. The minimum absolute atomic E-state index is 0.0830. The SMILES string of the molecule is Cc1ccc(C(C)NC(=O)c2cc(S(=O)(=O)N3CCN(C)CC3)ccc2Cl)cc1. The second-order valence-electron chi connectivity index (χ2n) is 7.45. The number of halogens is 1. The van der Waals surface area contributed by atoms with Crippen molar-refractivity contribution in [3.8, 4) is 0 Å². The fraction of sp³-hybridized carbons (Fsp3) is 0.381. The quantitative estimate of drug-likeness (QED) is 0.783. The van der Waals surface area contributed by atoms with Crippen molar-refractivity contribution >= 4 is 27.5 Å². The van der Waals surface area contributed by atoms with Crippen molar-refractivity contribution in [1.82, 2.24) is 14.5 Å². The monoisotopic (exact) mass is 435 g/mol. The Morgan fingerprint density at radius 2 is 1.69 bits per heavy atom. The molecule has 29 heavy (non-hydrogen) atoms. The van der Waals surface area contributed by atoms with Gasteiger partial charge in [-0.3, -0.25) is 4.79 Å². The topological polar surface area (TPSA) is 69.7 Å². The van der Waals surface area contributed by atoms with Crippen LogP contribution in [0.2, 0.25) is 5.02 Å². The first-order chi connectivity index (χ1) is 13.7. The summed E-state index contributed by atoms with van der Waals surface area (Å²) in [7, 11) is -1.71. The zero-order valence-corrected chi connectivity index (χ0v) is 18.4. The highest BCUT2D eigenvalue weighted by atomic mass is 35.5. The van der Waals surface area contributed by atoms with Crippen LogP contribution >= 0.6 is 11.6 Å². The molecular formula is C21H26ClN3O3S. The molecule has 1 atom stereocenters. The molecule has 0 aromatic heterocycles. The van der Waals surface area contributed by atoms with Gasteiger partial charge in [0.2, 0.25) is 10.0 Å². The van der Waals surface area contributed by atoms with E-state index in [-0.39, 0.29) is 21.5 Å². The highest BCUT2D eigenvalue weighted by molar-refractivity contribution is 7.89. The molecule has 1 aliphatic heterocycles. The highest BCUT2D eigenvalue weighted by Gasteiger charge is 2.28. The molecular weight excluding hydrogens is 410 g/mol. The molecule has 1 aliphatic rings. The summed E-state index contributed by atoms with van der Waals surface area (Å²) < 4.78 is 27.4. The minimum Gasteiger partial charge on any atom is -0.345 e. The summed E-state index contributed by atoms with van der Waals surface area (Å²) in [6.45, 7) is 6.07. The Hall–Kier alpha value is -1.93. The Bertz CT molecular complexity index is 985. The van der Waals surface area contributed by atoms with Gasteiger partial charge in [0.1, 0.15) is 0 Å². The van der Waals surface area contributed by atoms with E-state index in [9.17, 15) is 13.2 Å². The van der Waals surface area contributed by atoms with E-state index in [0.29, 0.717) is 26.2 Å². The molecule has 1 N–H and O–H groups in total. The Balaban J connectivity index is 1.81. The summed E-state index contributed by atoms with van der Waals surface area (Å²) in [5.41, 5.74) is 2.25. The van der Waals surface area contributed by atoms with Gasteiger partial charge in [0.05, 0.1) is 21.5 Å². The molecule has 0 bridgehead atoms. The van der Waals surface area contributed by atoms with Gasteiger partial charge in [0.15, 0.2) is 0 Å². The summed E-state index contributed by atoms with van der Waals surface area (Å²) >= 11 is 6.22. The van der Waals surface area contributed by atoms with Gasteiger partial charge in [-0.2, -0.15) is 4.31 Å². The number of benzene rings is 2. The van der Waals surface area contributed by atoms with Crippen LogP contribution in [0.1, 0.15) is 34.5 Å². The second kappa shape index (κ2) is 8.83. The largest absolute Gasteiger partial charge is 0.345 e. The van der Waals surface area contributed by atoms with Crippen LogP contribution in [0.4, 0.5) is 0 Å². The van der Waals surface area contributed by atoms with E-state index < -0.39 is 15.9 Å². The Labute approximate surface area is 177 Å². The van der Waals surface area contributed by atoms with Gasteiger partial charge in [0.25, 0.3) is 5.91 Å². The van der Waals surface area contributed by atoms with E-state index in [2.05, 4.69) is 10.2 Å². The lowest BCUT2D eigenvalue weighted by molar-refractivity contribution is 0.0940. The molecule has 0 saturated carbocycles. The van der Waals surface area contributed by atoms with Gasteiger partial charge in [-0.05, 0) is 44.7 Å². The lowest BCUT2D eigenvalue weighted by atomic mass is 10.1. The average Bonchev–Trinajstić information content (AvgIpc) is 2.68. The molecule has 0 spiro atoms. The molecule has 0 aliphatic carbocycles. The van der Waals surface area contributed by atoms with Gasteiger partial charge in [-0.25, -0.2) is 8.42 Å². The maximum atomic E-state index is 13.0. The fourth-order valence-corrected chi connectivity index (χ4v) is 4.88. The number of nitrogens with one attached hydrogen (secondary N) is 1. The van der Waals surface area contributed by atoms with Crippen LogP contribution in [0.15, 0.2) is 47.4 Å². The lowest BCUT2D eigenvalue weighted by Crippen LogP contribution is -2.47. The molecule has 8 heteroatoms. The number of nitrogens with zero attached hydrogens (tertiary/aromatic N) is 2. The zero-order valence-electron chi connectivity index (χ0n) is 16.9. The van der Waals surface area contributed by atoms with E-state index in [1.807, 2.05) is 45.2 Å². The van der Waals surface area contributed by atoms with E-state index >= 15 is 0 Å². The fourth-order valence-electron chi connectivity index (χ4n) is 3.23. The maximum absolute atomic E-state index is 13.0. The third kappa shape index (κ3) is 4.98. The predicted octanol–water partition coefficient (Wildman–Crippen LogP) is 3.08. The first-order valence-corrected chi connectivity index (χ1v) is 11.4. The maximum Gasteiger partial charge on any atom is 0.253 e. The lowest BCUT2D eigenvalue weighted by Gasteiger charge is -2.31. The van der Waals surface area contributed by atoms with E-state index in [1.54, 1.807) is 0 Å².